The third kappa shape index (κ3) is 4.21. The summed E-state index contributed by atoms with van der Waals surface area (Å²) in [4.78, 5) is 31.5. The zero-order chi connectivity index (χ0) is 21.0. The van der Waals surface area contributed by atoms with Gasteiger partial charge in [0, 0.05) is 11.3 Å². The summed E-state index contributed by atoms with van der Waals surface area (Å²) in [5.41, 5.74) is 2.90. The van der Waals surface area contributed by atoms with Crippen molar-refractivity contribution in [2.24, 2.45) is 0 Å². The van der Waals surface area contributed by atoms with Crippen LogP contribution < -0.4 is 5.32 Å². The summed E-state index contributed by atoms with van der Waals surface area (Å²) in [5.74, 6) is -0.675. The van der Waals surface area contributed by atoms with Crippen LogP contribution in [-0.4, -0.2) is 29.0 Å². The number of aromatic amines is 1. The average Bonchev–Trinajstić information content (AvgIpc) is 3.23. The van der Waals surface area contributed by atoms with Crippen molar-refractivity contribution in [3.05, 3.63) is 53.1 Å². The highest BCUT2D eigenvalue weighted by molar-refractivity contribution is 6.03. The Labute approximate surface area is 169 Å². The molecule has 7 heteroatoms. The van der Waals surface area contributed by atoms with Crippen molar-refractivity contribution < 1.29 is 14.3 Å². The average molecular weight is 392 g/mol. The van der Waals surface area contributed by atoms with Crippen molar-refractivity contribution in [3.8, 4) is 6.07 Å². The van der Waals surface area contributed by atoms with E-state index < -0.39 is 11.3 Å². The summed E-state index contributed by atoms with van der Waals surface area (Å²) in [6, 6.07) is 7.49. The lowest BCUT2D eigenvalue weighted by atomic mass is 9.82. The second kappa shape index (κ2) is 8.31. The summed E-state index contributed by atoms with van der Waals surface area (Å²) < 4.78 is 4.96. The van der Waals surface area contributed by atoms with Gasteiger partial charge in [-0.25, -0.2) is 4.98 Å². The van der Waals surface area contributed by atoms with E-state index in [1.165, 1.54) is 13.3 Å². The van der Waals surface area contributed by atoms with Gasteiger partial charge in [-0.3, -0.25) is 9.59 Å². The minimum absolute atomic E-state index is 0.0732. The maximum Gasteiger partial charge on any atom is 0.315 e. The molecule has 7 nitrogen and oxygen atoms in total. The number of rotatable bonds is 5. The number of H-pyrrole nitrogens is 1. The number of aromatic nitrogens is 2. The molecule has 2 aromatic rings. The molecular formula is C22H24N4O3. The van der Waals surface area contributed by atoms with Gasteiger partial charge >= 0.3 is 5.97 Å². The molecule has 0 aliphatic heterocycles. The fourth-order valence-corrected chi connectivity index (χ4v) is 3.44. The summed E-state index contributed by atoms with van der Waals surface area (Å²) in [6.07, 6.45) is 7.61. The number of ether oxygens (including phenoxy) is 1. The number of nitriles is 1. The fraction of sp³-hybridized carbons (Fsp3) is 0.364. The second-order valence-corrected chi connectivity index (χ2v) is 7.56. The van der Waals surface area contributed by atoms with Gasteiger partial charge in [0.15, 0.2) is 5.82 Å². The van der Waals surface area contributed by atoms with Crippen molar-refractivity contribution in [2.45, 2.75) is 44.9 Å². The maximum atomic E-state index is 12.6. The smallest absolute Gasteiger partial charge is 0.315 e. The lowest BCUT2D eigenvalue weighted by Crippen LogP contribution is -2.30. The number of imidazole rings is 1. The Bertz CT molecular complexity index is 1010. The zero-order valence-corrected chi connectivity index (χ0v) is 16.8. The quantitative estimate of drug-likeness (QED) is 0.749. The molecule has 1 aliphatic rings. The summed E-state index contributed by atoms with van der Waals surface area (Å²) in [5, 5.41) is 11.8. The monoisotopic (exact) mass is 392 g/mol. The van der Waals surface area contributed by atoms with Gasteiger partial charge < -0.3 is 15.0 Å². The molecule has 0 bridgehead atoms. The molecule has 0 saturated carbocycles. The van der Waals surface area contributed by atoms with E-state index in [4.69, 9.17) is 10.00 Å². The number of hydrogen-bond acceptors (Lipinski definition) is 5. The first-order chi connectivity index (χ1) is 13.9. The van der Waals surface area contributed by atoms with E-state index in [1.807, 2.05) is 32.0 Å². The molecule has 1 aromatic carbocycles. The number of benzene rings is 1. The Morgan fingerprint density at radius 3 is 2.72 bits per heavy atom. The first-order valence-electron chi connectivity index (χ1n) is 9.55. The van der Waals surface area contributed by atoms with Crippen molar-refractivity contribution in [1.82, 2.24) is 9.97 Å². The van der Waals surface area contributed by atoms with Gasteiger partial charge in [0.05, 0.1) is 18.7 Å². The predicted octanol–water partition coefficient (Wildman–Crippen LogP) is 3.94. The lowest BCUT2D eigenvalue weighted by molar-refractivity contribution is -0.146. The number of hydrogen-bond donors (Lipinski definition) is 2. The maximum absolute atomic E-state index is 12.6. The molecule has 1 aliphatic carbocycles. The molecule has 1 heterocycles. The van der Waals surface area contributed by atoms with Gasteiger partial charge in [0.2, 0.25) is 0 Å². The largest absolute Gasteiger partial charge is 0.468 e. The molecule has 150 valence electrons. The van der Waals surface area contributed by atoms with E-state index >= 15 is 0 Å². The highest BCUT2D eigenvalue weighted by Crippen LogP contribution is 2.36. The van der Waals surface area contributed by atoms with Gasteiger partial charge in [-0.1, -0.05) is 12.1 Å². The summed E-state index contributed by atoms with van der Waals surface area (Å²) >= 11 is 0. The van der Waals surface area contributed by atoms with Crippen LogP contribution in [0.2, 0.25) is 0 Å². The Kier molecular flexibility index (Phi) is 5.83. The predicted molar refractivity (Wildman–Crippen MR) is 109 cm³/mol. The fourth-order valence-electron chi connectivity index (χ4n) is 3.44. The molecule has 2 N–H and O–H groups in total. The van der Waals surface area contributed by atoms with Crippen LogP contribution in [0.5, 0.6) is 0 Å². The molecule has 3 rings (SSSR count). The van der Waals surface area contributed by atoms with E-state index in [0.717, 1.165) is 42.4 Å². The van der Waals surface area contributed by atoms with Crippen molar-refractivity contribution >= 4 is 23.1 Å². The molecule has 29 heavy (non-hydrogen) atoms. The van der Waals surface area contributed by atoms with Crippen LogP contribution in [0.3, 0.4) is 0 Å². The highest BCUT2D eigenvalue weighted by Gasteiger charge is 2.32. The van der Waals surface area contributed by atoms with Gasteiger partial charge in [-0.15, -0.1) is 0 Å². The summed E-state index contributed by atoms with van der Waals surface area (Å²) in [6.45, 7) is 3.63. The molecule has 0 spiro atoms. The molecule has 0 radical (unpaired) electrons. The highest BCUT2D eigenvalue weighted by atomic mass is 16.5. The van der Waals surface area contributed by atoms with Crippen molar-refractivity contribution in [1.29, 1.82) is 5.26 Å². The van der Waals surface area contributed by atoms with Gasteiger partial charge in [-0.2, -0.15) is 5.26 Å². The number of carbonyl (C=O) groups is 2. The Morgan fingerprint density at radius 2 is 2.10 bits per heavy atom. The van der Waals surface area contributed by atoms with Crippen LogP contribution in [-0.2, 0) is 14.9 Å². The van der Waals surface area contributed by atoms with Crippen LogP contribution >= 0.6 is 0 Å². The normalized spacial score (nSPS) is 13.9. The number of methoxy groups -OCH3 is 1. The Balaban J connectivity index is 1.99. The third-order valence-corrected chi connectivity index (χ3v) is 5.23. The summed E-state index contributed by atoms with van der Waals surface area (Å²) in [7, 11) is 1.38. The number of amides is 1. The molecule has 1 aromatic heterocycles. The van der Waals surface area contributed by atoms with Gasteiger partial charge in [0.25, 0.3) is 5.91 Å². The number of nitrogens with zero attached hydrogens (tertiary/aromatic N) is 2. The van der Waals surface area contributed by atoms with Crippen LogP contribution in [0.25, 0.3) is 5.57 Å². The van der Waals surface area contributed by atoms with E-state index in [0.29, 0.717) is 5.69 Å². The first kappa shape index (κ1) is 20.3. The Morgan fingerprint density at radius 1 is 1.31 bits per heavy atom. The van der Waals surface area contributed by atoms with Gasteiger partial charge in [0.1, 0.15) is 11.8 Å². The number of nitrogens with one attached hydrogen (secondary N) is 2. The minimum atomic E-state index is -0.816. The minimum Gasteiger partial charge on any atom is -0.468 e. The second-order valence-electron chi connectivity index (χ2n) is 7.56. The van der Waals surface area contributed by atoms with E-state index in [1.54, 1.807) is 6.07 Å². The molecule has 0 atom stereocenters. The third-order valence-electron chi connectivity index (χ3n) is 5.23. The Hall–Kier alpha value is -3.40. The molecule has 0 fully saturated rings. The molecular weight excluding hydrogens is 368 g/mol. The van der Waals surface area contributed by atoms with Crippen LogP contribution in [0.1, 0.15) is 67.0 Å². The van der Waals surface area contributed by atoms with E-state index in [9.17, 15) is 9.59 Å². The molecule has 0 saturated heterocycles. The van der Waals surface area contributed by atoms with Crippen LogP contribution in [0.4, 0.5) is 5.69 Å². The first-order valence-corrected chi connectivity index (χ1v) is 9.55. The number of anilines is 1. The van der Waals surface area contributed by atoms with Crippen LogP contribution in [0, 0.1) is 11.3 Å². The number of allylic oxidation sites excluding steroid dienone is 2. The van der Waals surface area contributed by atoms with Crippen molar-refractivity contribution in [3.63, 3.8) is 0 Å². The topological polar surface area (TPSA) is 108 Å². The number of esters is 1. The lowest BCUT2D eigenvalue weighted by Gasteiger charge is -2.25. The van der Waals surface area contributed by atoms with E-state index in [2.05, 4.69) is 21.4 Å². The molecule has 0 unspecified atom stereocenters. The SMILES string of the molecule is COC(=O)C(C)(C)c1ccc(NC(=O)c2ncc(C#N)[nH]2)c(C2=CCCCC2)c1. The van der Waals surface area contributed by atoms with Gasteiger partial charge in [-0.05, 0) is 62.8 Å². The molecule has 1 amide bonds. The standard InChI is InChI=1S/C22H24N4O3/c1-22(2,21(28)29-3)15-9-10-18(17(11-15)14-7-5-4-6-8-14)26-20(27)19-24-13-16(12-23)25-19/h7,9-11,13H,4-6,8H2,1-3H3,(H,24,25)(H,26,27). The number of carbonyl (C=O) groups excluding carboxylic acids is 2. The van der Waals surface area contributed by atoms with Crippen molar-refractivity contribution in [2.75, 3.05) is 12.4 Å². The zero-order valence-electron chi connectivity index (χ0n) is 16.8. The van der Waals surface area contributed by atoms with Crippen LogP contribution in [0.15, 0.2) is 30.5 Å². The van der Waals surface area contributed by atoms with E-state index in [-0.39, 0.29) is 17.5 Å².